The highest BCUT2D eigenvalue weighted by Crippen LogP contribution is 2.22. The summed E-state index contributed by atoms with van der Waals surface area (Å²) in [6.07, 6.45) is 1.52. The van der Waals surface area contributed by atoms with E-state index in [1.807, 2.05) is 0 Å². The Morgan fingerprint density at radius 3 is 2.71 bits per heavy atom. The van der Waals surface area contributed by atoms with Gasteiger partial charge in [-0.15, -0.1) is 0 Å². The van der Waals surface area contributed by atoms with Crippen LogP contribution in [-0.2, 0) is 0 Å². The summed E-state index contributed by atoms with van der Waals surface area (Å²) < 4.78 is 1.45. The average Bonchev–Trinajstić information content (AvgIpc) is 2.57. The fourth-order valence-electron chi connectivity index (χ4n) is 1.56. The minimum atomic E-state index is -1.04. The van der Waals surface area contributed by atoms with Crippen LogP contribution in [0.25, 0.3) is 5.82 Å². The van der Waals surface area contributed by atoms with Gasteiger partial charge in [0, 0.05) is 6.20 Å². The Balaban J connectivity index is 2.68. The monoisotopic (exact) mass is 251 g/mol. The molecule has 0 atom stereocenters. The van der Waals surface area contributed by atoms with E-state index in [0.29, 0.717) is 16.4 Å². The number of nitrogens with zero attached hydrogens (tertiary/aromatic N) is 3. The summed E-state index contributed by atoms with van der Waals surface area (Å²) in [5.41, 5.74) is 1.41. The minimum Gasteiger partial charge on any atom is -0.478 e. The number of carboxylic acids is 1. The molecule has 0 saturated carbocycles. The Hall–Kier alpha value is -1.88. The van der Waals surface area contributed by atoms with Crippen molar-refractivity contribution in [3.8, 4) is 5.82 Å². The van der Waals surface area contributed by atoms with Crippen LogP contribution in [0.5, 0.6) is 0 Å². The molecule has 6 heteroatoms. The third-order valence-electron chi connectivity index (χ3n) is 2.42. The van der Waals surface area contributed by atoms with Crippen molar-refractivity contribution in [1.82, 2.24) is 14.8 Å². The van der Waals surface area contributed by atoms with Crippen LogP contribution in [0.15, 0.2) is 18.3 Å². The third kappa shape index (κ3) is 1.89. The van der Waals surface area contributed by atoms with Crippen molar-refractivity contribution >= 4 is 17.6 Å². The Morgan fingerprint density at radius 2 is 2.18 bits per heavy atom. The largest absolute Gasteiger partial charge is 0.478 e. The van der Waals surface area contributed by atoms with Crippen LogP contribution in [0, 0.1) is 13.8 Å². The quantitative estimate of drug-likeness (QED) is 0.889. The van der Waals surface area contributed by atoms with Crippen LogP contribution in [-0.4, -0.2) is 25.8 Å². The number of aromatic nitrogens is 3. The highest BCUT2D eigenvalue weighted by atomic mass is 35.5. The molecule has 0 aromatic carbocycles. The molecule has 0 aliphatic rings. The lowest BCUT2D eigenvalue weighted by molar-refractivity contribution is 0.0696. The molecule has 0 amide bonds. The molecule has 2 rings (SSSR count). The Labute approximate surface area is 103 Å². The van der Waals surface area contributed by atoms with Crippen molar-refractivity contribution in [2.75, 3.05) is 0 Å². The maximum absolute atomic E-state index is 11.1. The lowest BCUT2D eigenvalue weighted by Gasteiger charge is -2.06. The van der Waals surface area contributed by atoms with Gasteiger partial charge in [-0.2, -0.15) is 5.10 Å². The molecule has 2 heterocycles. The molecule has 0 radical (unpaired) electrons. The first-order chi connectivity index (χ1) is 8.02. The molecule has 0 saturated heterocycles. The van der Waals surface area contributed by atoms with Gasteiger partial charge in [0.1, 0.15) is 5.56 Å². The summed E-state index contributed by atoms with van der Waals surface area (Å²) in [4.78, 5) is 15.1. The molecule has 0 aliphatic carbocycles. The Kier molecular flexibility index (Phi) is 2.85. The van der Waals surface area contributed by atoms with E-state index in [4.69, 9.17) is 16.7 Å². The average molecular weight is 252 g/mol. The highest BCUT2D eigenvalue weighted by Gasteiger charge is 2.17. The Morgan fingerprint density at radius 1 is 1.47 bits per heavy atom. The van der Waals surface area contributed by atoms with Gasteiger partial charge in [-0.1, -0.05) is 11.6 Å². The van der Waals surface area contributed by atoms with E-state index in [-0.39, 0.29) is 11.4 Å². The van der Waals surface area contributed by atoms with Gasteiger partial charge in [0.2, 0.25) is 0 Å². The molecule has 2 aromatic rings. The normalized spacial score (nSPS) is 10.5. The number of pyridine rings is 1. The molecule has 0 bridgehead atoms. The van der Waals surface area contributed by atoms with Gasteiger partial charge in [0.15, 0.2) is 5.82 Å². The number of aryl methyl sites for hydroxylation is 1. The second-order valence-electron chi connectivity index (χ2n) is 3.58. The van der Waals surface area contributed by atoms with Crippen molar-refractivity contribution in [3.05, 3.63) is 40.3 Å². The van der Waals surface area contributed by atoms with Crippen molar-refractivity contribution in [1.29, 1.82) is 0 Å². The fourth-order valence-corrected chi connectivity index (χ4v) is 1.68. The fraction of sp³-hybridized carbons (Fsp3) is 0.182. The SMILES string of the molecule is Cc1nn(-c2ncccc2C(=O)O)c(C)c1Cl. The van der Waals surface area contributed by atoms with Gasteiger partial charge >= 0.3 is 5.97 Å². The summed E-state index contributed by atoms with van der Waals surface area (Å²) in [6.45, 7) is 3.53. The molecular weight excluding hydrogens is 242 g/mol. The topological polar surface area (TPSA) is 68.0 Å². The number of carboxylic acid groups (broad SMARTS) is 1. The zero-order valence-electron chi connectivity index (χ0n) is 9.31. The van der Waals surface area contributed by atoms with Gasteiger partial charge < -0.3 is 5.11 Å². The predicted molar refractivity (Wildman–Crippen MR) is 62.8 cm³/mol. The van der Waals surface area contributed by atoms with E-state index in [1.165, 1.54) is 16.9 Å². The van der Waals surface area contributed by atoms with Gasteiger partial charge in [0.05, 0.1) is 16.4 Å². The van der Waals surface area contributed by atoms with Gasteiger partial charge in [-0.3, -0.25) is 0 Å². The first-order valence-corrected chi connectivity index (χ1v) is 5.30. The summed E-state index contributed by atoms with van der Waals surface area (Å²) in [7, 11) is 0. The zero-order valence-corrected chi connectivity index (χ0v) is 10.1. The van der Waals surface area contributed by atoms with Crippen LogP contribution in [0.1, 0.15) is 21.7 Å². The van der Waals surface area contributed by atoms with Crippen molar-refractivity contribution in [2.45, 2.75) is 13.8 Å². The number of carbonyl (C=O) groups is 1. The van der Waals surface area contributed by atoms with Crippen LogP contribution in [0.2, 0.25) is 5.02 Å². The van der Waals surface area contributed by atoms with Gasteiger partial charge in [-0.25, -0.2) is 14.5 Å². The molecular formula is C11H10ClN3O2. The van der Waals surface area contributed by atoms with Crippen LogP contribution >= 0.6 is 11.6 Å². The van der Waals surface area contributed by atoms with E-state index in [1.54, 1.807) is 19.9 Å². The van der Waals surface area contributed by atoms with Crippen molar-refractivity contribution in [3.63, 3.8) is 0 Å². The zero-order chi connectivity index (χ0) is 12.6. The second kappa shape index (κ2) is 4.18. The summed E-state index contributed by atoms with van der Waals surface area (Å²) in [5, 5.41) is 13.8. The van der Waals surface area contributed by atoms with Gasteiger partial charge in [0.25, 0.3) is 0 Å². The third-order valence-corrected chi connectivity index (χ3v) is 2.97. The first-order valence-electron chi connectivity index (χ1n) is 4.92. The molecule has 17 heavy (non-hydrogen) atoms. The smallest absolute Gasteiger partial charge is 0.339 e. The van der Waals surface area contributed by atoms with E-state index < -0.39 is 5.97 Å². The maximum atomic E-state index is 11.1. The molecule has 0 aliphatic heterocycles. The van der Waals surface area contributed by atoms with Gasteiger partial charge in [-0.05, 0) is 26.0 Å². The lowest BCUT2D eigenvalue weighted by Crippen LogP contribution is -2.09. The molecule has 5 nitrogen and oxygen atoms in total. The van der Waals surface area contributed by atoms with E-state index >= 15 is 0 Å². The number of hydrogen-bond acceptors (Lipinski definition) is 3. The summed E-state index contributed by atoms with van der Waals surface area (Å²) >= 11 is 6.02. The molecule has 1 N–H and O–H groups in total. The number of hydrogen-bond donors (Lipinski definition) is 1. The maximum Gasteiger partial charge on any atom is 0.339 e. The molecule has 0 unspecified atom stereocenters. The standard InChI is InChI=1S/C11H10ClN3O2/c1-6-9(12)7(2)15(14-6)10-8(11(16)17)4-3-5-13-10/h3-5H,1-2H3,(H,16,17). The van der Waals surface area contributed by atoms with Crippen LogP contribution < -0.4 is 0 Å². The molecule has 88 valence electrons. The van der Waals surface area contributed by atoms with Crippen LogP contribution in [0.4, 0.5) is 0 Å². The predicted octanol–water partition coefficient (Wildman–Crippen LogP) is 2.24. The summed E-state index contributed by atoms with van der Waals surface area (Å²) in [5.74, 6) is -0.774. The molecule has 0 fully saturated rings. The lowest BCUT2D eigenvalue weighted by atomic mass is 10.2. The minimum absolute atomic E-state index is 0.0924. The summed E-state index contributed by atoms with van der Waals surface area (Å²) in [6, 6.07) is 3.05. The molecule has 2 aromatic heterocycles. The highest BCUT2D eigenvalue weighted by molar-refractivity contribution is 6.31. The number of rotatable bonds is 2. The molecule has 0 spiro atoms. The van der Waals surface area contributed by atoms with Crippen molar-refractivity contribution < 1.29 is 9.90 Å². The van der Waals surface area contributed by atoms with Crippen LogP contribution in [0.3, 0.4) is 0 Å². The second-order valence-corrected chi connectivity index (χ2v) is 3.95. The number of halogens is 1. The Bertz CT molecular complexity index is 592. The van der Waals surface area contributed by atoms with E-state index in [9.17, 15) is 4.79 Å². The van der Waals surface area contributed by atoms with Crippen molar-refractivity contribution in [2.24, 2.45) is 0 Å². The first kappa shape index (κ1) is 11.6. The van der Waals surface area contributed by atoms with E-state index in [0.717, 1.165) is 0 Å². The number of aromatic carboxylic acids is 1. The van der Waals surface area contributed by atoms with E-state index in [2.05, 4.69) is 10.1 Å².